The van der Waals surface area contributed by atoms with Crippen LogP contribution in [0.15, 0.2) is 18.5 Å². The number of nitrogens with one attached hydrogen (secondary N) is 1. The van der Waals surface area contributed by atoms with Gasteiger partial charge in [-0.2, -0.15) is 0 Å². The Kier molecular flexibility index (Phi) is 7.02. The average Bonchev–Trinajstić information content (AvgIpc) is 2.80. The van der Waals surface area contributed by atoms with E-state index in [9.17, 15) is 0 Å². The van der Waals surface area contributed by atoms with Crippen LogP contribution in [-0.2, 0) is 13.1 Å². The summed E-state index contributed by atoms with van der Waals surface area (Å²) in [7, 11) is 0. The lowest BCUT2D eigenvalue weighted by molar-refractivity contribution is 0.434. The van der Waals surface area contributed by atoms with Crippen LogP contribution in [0, 0.1) is 0 Å². The van der Waals surface area contributed by atoms with Gasteiger partial charge in [0.2, 0.25) is 0 Å². The van der Waals surface area contributed by atoms with Crippen molar-refractivity contribution in [1.82, 2.24) is 9.88 Å². The molecular formula is C15H28N2. The van der Waals surface area contributed by atoms with Crippen molar-refractivity contribution in [2.45, 2.75) is 72.0 Å². The van der Waals surface area contributed by atoms with Crippen molar-refractivity contribution in [3.05, 3.63) is 24.0 Å². The van der Waals surface area contributed by atoms with E-state index >= 15 is 0 Å². The second-order valence-corrected chi connectivity index (χ2v) is 4.86. The average molecular weight is 236 g/mol. The van der Waals surface area contributed by atoms with E-state index in [0.717, 1.165) is 13.1 Å². The minimum atomic E-state index is 0.699. The van der Waals surface area contributed by atoms with E-state index in [1.54, 1.807) is 0 Å². The van der Waals surface area contributed by atoms with Crippen molar-refractivity contribution in [2.75, 3.05) is 0 Å². The lowest BCUT2D eigenvalue weighted by atomic mass is 10.1. The summed E-state index contributed by atoms with van der Waals surface area (Å²) in [5, 5.41) is 3.70. The van der Waals surface area contributed by atoms with Gasteiger partial charge < -0.3 is 9.88 Å². The van der Waals surface area contributed by atoms with Gasteiger partial charge in [-0.25, -0.2) is 0 Å². The molecule has 0 spiro atoms. The molecule has 98 valence electrons. The zero-order valence-electron chi connectivity index (χ0n) is 11.7. The van der Waals surface area contributed by atoms with Crippen molar-refractivity contribution in [3.8, 4) is 0 Å². The first kappa shape index (κ1) is 14.3. The third kappa shape index (κ3) is 5.40. The molecule has 1 aromatic heterocycles. The number of rotatable bonds is 9. The number of aryl methyl sites for hydroxylation is 1. The molecule has 17 heavy (non-hydrogen) atoms. The monoisotopic (exact) mass is 236 g/mol. The van der Waals surface area contributed by atoms with Gasteiger partial charge in [-0.15, -0.1) is 0 Å². The van der Waals surface area contributed by atoms with Gasteiger partial charge in [-0.05, 0) is 31.4 Å². The second kappa shape index (κ2) is 8.35. The summed E-state index contributed by atoms with van der Waals surface area (Å²) in [6, 6.07) is 2.92. The molecule has 0 amide bonds. The molecule has 0 aliphatic rings. The molecule has 2 heteroatoms. The number of hydrogen-bond donors (Lipinski definition) is 1. The van der Waals surface area contributed by atoms with Crippen molar-refractivity contribution in [2.24, 2.45) is 0 Å². The lowest BCUT2D eigenvalue weighted by Gasteiger charge is -2.17. The maximum Gasteiger partial charge on any atom is 0.0223 e. The highest BCUT2D eigenvalue weighted by Gasteiger charge is 2.06. The van der Waals surface area contributed by atoms with E-state index in [-0.39, 0.29) is 0 Å². The fourth-order valence-electron chi connectivity index (χ4n) is 2.20. The fourth-order valence-corrected chi connectivity index (χ4v) is 2.20. The zero-order valence-corrected chi connectivity index (χ0v) is 11.7. The standard InChI is InChI=1S/C15H28N2/c1-4-7-9-15(8-5-2)16-12-14-10-11-17(6-3)13-14/h10-11,13,15-16H,4-9,12H2,1-3H3. The molecule has 2 nitrogen and oxygen atoms in total. The predicted octanol–water partition coefficient (Wildman–Crippen LogP) is 3.96. The summed E-state index contributed by atoms with van der Waals surface area (Å²) >= 11 is 0. The Bertz CT molecular complexity index is 291. The van der Waals surface area contributed by atoms with E-state index in [4.69, 9.17) is 0 Å². The third-order valence-corrected chi connectivity index (χ3v) is 3.32. The summed E-state index contributed by atoms with van der Waals surface area (Å²) in [6.45, 7) is 8.80. The summed E-state index contributed by atoms with van der Waals surface area (Å²) in [4.78, 5) is 0. The molecule has 0 saturated carbocycles. The van der Waals surface area contributed by atoms with Crippen LogP contribution in [0.3, 0.4) is 0 Å². The molecule has 0 saturated heterocycles. The molecule has 0 aliphatic heterocycles. The fraction of sp³-hybridized carbons (Fsp3) is 0.733. The highest BCUT2D eigenvalue weighted by atomic mass is 14.9. The van der Waals surface area contributed by atoms with Crippen LogP contribution >= 0.6 is 0 Å². The minimum absolute atomic E-state index is 0.699. The second-order valence-electron chi connectivity index (χ2n) is 4.86. The maximum absolute atomic E-state index is 3.70. The van der Waals surface area contributed by atoms with Gasteiger partial charge in [0.25, 0.3) is 0 Å². The first-order valence-corrected chi connectivity index (χ1v) is 7.18. The summed E-state index contributed by atoms with van der Waals surface area (Å²) in [5.74, 6) is 0. The van der Waals surface area contributed by atoms with Gasteiger partial charge in [-0.3, -0.25) is 0 Å². The molecule has 0 fully saturated rings. The van der Waals surface area contributed by atoms with Crippen molar-refractivity contribution >= 4 is 0 Å². The van der Waals surface area contributed by atoms with Crippen molar-refractivity contribution in [1.29, 1.82) is 0 Å². The van der Waals surface area contributed by atoms with E-state index in [1.807, 2.05) is 0 Å². The molecule has 0 bridgehead atoms. The number of hydrogen-bond acceptors (Lipinski definition) is 1. The Morgan fingerprint density at radius 1 is 1.18 bits per heavy atom. The van der Waals surface area contributed by atoms with Crippen LogP contribution in [0.5, 0.6) is 0 Å². The molecule has 1 heterocycles. The van der Waals surface area contributed by atoms with Gasteiger partial charge in [0, 0.05) is 31.5 Å². The van der Waals surface area contributed by atoms with Crippen LogP contribution < -0.4 is 5.32 Å². The van der Waals surface area contributed by atoms with Crippen LogP contribution in [0.1, 0.15) is 58.4 Å². The molecule has 0 aliphatic carbocycles. The Morgan fingerprint density at radius 3 is 2.59 bits per heavy atom. The van der Waals surface area contributed by atoms with E-state index in [2.05, 4.69) is 49.1 Å². The Morgan fingerprint density at radius 2 is 2.00 bits per heavy atom. The minimum Gasteiger partial charge on any atom is -0.354 e. The van der Waals surface area contributed by atoms with Gasteiger partial charge in [0.15, 0.2) is 0 Å². The Hall–Kier alpha value is -0.760. The smallest absolute Gasteiger partial charge is 0.0223 e. The quantitative estimate of drug-likeness (QED) is 0.687. The molecule has 1 aromatic rings. The van der Waals surface area contributed by atoms with Crippen LogP contribution in [0.4, 0.5) is 0 Å². The van der Waals surface area contributed by atoms with Gasteiger partial charge >= 0.3 is 0 Å². The molecule has 0 radical (unpaired) electrons. The molecule has 1 N–H and O–H groups in total. The highest BCUT2D eigenvalue weighted by molar-refractivity contribution is 5.09. The van der Waals surface area contributed by atoms with Gasteiger partial charge in [0.1, 0.15) is 0 Å². The van der Waals surface area contributed by atoms with Crippen LogP contribution in [0.25, 0.3) is 0 Å². The number of nitrogens with zero attached hydrogens (tertiary/aromatic N) is 1. The maximum atomic E-state index is 3.70. The predicted molar refractivity (Wildman–Crippen MR) is 75.2 cm³/mol. The lowest BCUT2D eigenvalue weighted by Crippen LogP contribution is -2.28. The van der Waals surface area contributed by atoms with Crippen molar-refractivity contribution in [3.63, 3.8) is 0 Å². The third-order valence-electron chi connectivity index (χ3n) is 3.32. The topological polar surface area (TPSA) is 17.0 Å². The first-order valence-electron chi connectivity index (χ1n) is 7.18. The molecule has 1 unspecified atom stereocenters. The molecule has 0 aromatic carbocycles. The summed E-state index contributed by atoms with van der Waals surface area (Å²) in [5.41, 5.74) is 1.41. The molecule has 1 atom stereocenters. The molecular weight excluding hydrogens is 208 g/mol. The summed E-state index contributed by atoms with van der Waals surface area (Å²) in [6.07, 6.45) is 10.9. The Balaban J connectivity index is 2.34. The zero-order chi connectivity index (χ0) is 12.5. The summed E-state index contributed by atoms with van der Waals surface area (Å²) < 4.78 is 2.23. The van der Waals surface area contributed by atoms with Crippen LogP contribution in [0.2, 0.25) is 0 Å². The van der Waals surface area contributed by atoms with E-state index in [0.29, 0.717) is 6.04 Å². The van der Waals surface area contributed by atoms with Gasteiger partial charge in [0.05, 0.1) is 0 Å². The van der Waals surface area contributed by atoms with Crippen molar-refractivity contribution < 1.29 is 0 Å². The number of unbranched alkanes of at least 4 members (excludes halogenated alkanes) is 1. The Labute approximate surface area is 106 Å². The number of aromatic nitrogens is 1. The van der Waals surface area contributed by atoms with Crippen LogP contribution in [-0.4, -0.2) is 10.6 Å². The molecule has 1 rings (SSSR count). The van der Waals surface area contributed by atoms with E-state index in [1.165, 1.54) is 37.7 Å². The highest BCUT2D eigenvalue weighted by Crippen LogP contribution is 2.09. The van der Waals surface area contributed by atoms with E-state index < -0.39 is 0 Å². The first-order chi connectivity index (χ1) is 8.30. The van der Waals surface area contributed by atoms with Gasteiger partial charge in [-0.1, -0.05) is 33.1 Å². The SMILES string of the molecule is CCCCC(CCC)NCc1ccn(CC)c1. The normalized spacial score (nSPS) is 12.9. The largest absolute Gasteiger partial charge is 0.354 e.